The van der Waals surface area contributed by atoms with E-state index in [1.165, 1.54) is 0 Å². The molecule has 0 saturated carbocycles. The Morgan fingerprint density at radius 3 is 2.53 bits per heavy atom. The molecule has 0 unspecified atom stereocenters. The summed E-state index contributed by atoms with van der Waals surface area (Å²) in [5, 5.41) is 16.3. The average molecular weight is 446 g/mol. The Bertz CT molecular complexity index is 1620. The highest BCUT2D eigenvalue weighted by Crippen LogP contribution is 2.47. The van der Waals surface area contributed by atoms with Crippen molar-refractivity contribution in [3.8, 4) is 45.3 Å². The molecule has 0 fully saturated rings. The van der Waals surface area contributed by atoms with E-state index in [1.807, 2.05) is 67.6 Å². The molecule has 6 rings (SSSR count). The van der Waals surface area contributed by atoms with Crippen molar-refractivity contribution in [2.24, 2.45) is 0 Å². The zero-order chi connectivity index (χ0) is 23.2. The third kappa shape index (κ3) is 2.97. The number of hydrogen-bond acceptors (Lipinski definition) is 5. The maximum Gasteiger partial charge on any atom is 0.231 e. The summed E-state index contributed by atoms with van der Waals surface area (Å²) < 4.78 is 12.8. The highest BCUT2D eigenvalue weighted by molar-refractivity contribution is 6.07. The second-order valence-corrected chi connectivity index (χ2v) is 7.91. The molecule has 3 aromatic carbocycles. The van der Waals surface area contributed by atoms with Gasteiger partial charge in [0.05, 0.1) is 23.6 Å². The van der Waals surface area contributed by atoms with Gasteiger partial charge in [-0.2, -0.15) is 5.10 Å². The SMILES string of the molecule is [C-]#[N+]c1c(-c2ccc3c(c2)OCO3)nc2c(c(C)nn2-c2ccccc2)c1-c1ccccc1O. The van der Waals surface area contributed by atoms with Crippen molar-refractivity contribution in [3.05, 3.63) is 89.9 Å². The quantitative estimate of drug-likeness (QED) is 0.342. The van der Waals surface area contributed by atoms with E-state index in [4.69, 9.17) is 26.1 Å². The van der Waals surface area contributed by atoms with Gasteiger partial charge in [-0.1, -0.05) is 42.5 Å². The van der Waals surface area contributed by atoms with E-state index < -0.39 is 0 Å². The number of phenols is 1. The zero-order valence-electron chi connectivity index (χ0n) is 18.2. The molecule has 164 valence electrons. The first-order valence-corrected chi connectivity index (χ1v) is 10.7. The molecule has 0 aliphatic carbocycles. The van der Waals surface area contributed by atoms with Crippen LogP contribution in [0.3, 0.4) is 0 Å². The van der Waals surface area contributed by atoms with Crippen LogP contribution in [0.2, 0.25) is 0 Å². The lowest BCUT2D eigenvalue weighted by molar-refractivity contribution is 0.174. The van der Waals surface area contributed by atoms with E-state index in [1.54, 1.807) is 16.8 Å². The summed E-state index contributed by atoms with van der Waals surface area (Å²) in [6.07, 6.45) is 0. The molecule has 2 aromatic heterocycles. The maximum atomic E-state index is 10.8. The van der Waals surface area contributed by atoms with E-state index in [2.05, 4.69) is 4.85 Å². The second-order valence-electron chi connectivity index (χ2n) is 7.91. The molecule has 0 saturated heterocycles. The number of rotatable bonds is 3. The van der Waals surface area contributed by atoms with Gasteiger partial charge in [0.1, 0.15) is 5.75 Å². The Morgan fingerprint density at radius 1 is 0.971 bits per heavy atom. The van der Waals surface area contributed by atoms with Gasteiger partial charge >= 0.3 is 0 Å². The number of phenolic OH excluding ortho intramolecular Hbond substituents is 1. The predicted octanol–water partition coefficient (Wildman–Crippen LogP) is 6.05. The van der Waals surface area contributed by atoms with Crippen LogP contribution in [0.4, 0.5) is 5.69 Å². The standard InChI is InChI=1S/C27H18N4O3/c1-16-23-24(19-10-6-7-11-20(19)32)26(28-2)25(17-12-13-21-22(14-17)34-15-33-21)29-27(23)31(30-16)18-8-4-3-5-9-18/h3-14,32H,15H2,1H3. The third-order valence-corrected chi connectivity index (χ3v) is 5.90. The molecule has 7 heteroatoms. The number of aromatic hydroxyl groups is 1. The van der Waals surface area contributed by atoms with Gasteiger partial charge in [-0.3, -0.25) is 0 Å². The van der Waals surface area contributed by atoms with Crippen molar-refractivity contribution < 1.29 is 14.6 Å². The lowest BCUT2D eigenvalue weighted by Gasteiger charge is -2.14. The van der Waals surface area contributed by atoms with E-state index in [0.717, 1.165) is 11.1 Å². The molecule has 1 N–H and O–H groups in total. The van der Waals surface area contributed by atoms with Crippen LogP contribution in [0.15, 0.2) is 72.8 Å². The molecule has 1 aliphatic heterocycles. The number of benzene rings is 3. The lowest BCUT2D eigenvalue weighted by Crippen LogP contribution is -1.99. The van der Waals surface area contributed by atoms with Crippen molar-refractivity contribution in [2.45, 2.75) is 6.92 Å². The first kappa shape index (κ1) is 19.8. The first-order chi connectivity index (χ1) is 16.7. The van der Waals surface area contributed by atoms with E-state index in [-0.39, 0.29) is 12.5 Å². The fourth-order valence-corrected chi connectivity index (χ4v) is 4.36. The largest absolute Gasteiger partial charge is 0.507 e. The highest BCUT2D eigenvalue weighted by Gasteiger charge is 2.26. The zero-order valence-corrected chi connectivity index (χ0v) is 18.2. The van der Waals surface area contributed by atoms with Crippen molar-refractivity contribution in [3.63, 3.8) is 0 Å². The van der Waals surface area contributed by atoms with Crippen molar-refractivity contribution in [2.75, 3.05) is 6.79 Å². The van der Waals surface area contributed by atoms with Crippen LogP contribution >= 0.6 is 0 Å². The van der Waals surface area contributed by atoms with Gasteiger partial charge in [0, 0.05) is 16.5 Å². The summed E-state index contributed by atoms with van der Waals surface area (Å²) in [4.78, 5) is 8.86. The monoisotopic (exact) mass is 446 g/mol. The predicted molar refractivity (Wildman–Crippen MR) is 129 cm³/mol. The van der Waals surface area contributed by atoms with Crippen molar-refractivity contribution >= 4 is 16.7 Å². The number of ether oxygens (including phenoxy) is 2. The van der Waals surface area contributed by atoms with E-state index in [0.29, 0.717) is 50.9 Å². The topological polar surface area (TPSA) is 73.8 Å². The smallest absolute Gasteiger partial charge is 0.231 e. The van der Waals surface area contributed by atoms with E-state index >= 15 is 0 Å². The molecular weight excluding hydrogens is 428 g/mol. The number of nitrogens with zero attached hydrogens (tertiary/aromatic N) is 4. The minimum Gasteiger partial charge on any atom is -0.507 e. The van der Waals surface area contributed by atoms with Crippen molar-refractivity contribution in [1.29, 1.82) is 0 Å². The summed E-state index contributed by atoms with van der Waals surface area (Å²) in [5.41, 5.74) is 4.85. The number of hydrogen-bond donors (Lipinski definition) is 1. The van der Waals surface area contributed by atoms with Gasteiger partial charge in [-0.15, -0.1) is 0 Å². The molecule has 1 aliphatic rings. The number of pyridine rings is 1. The highest BCUT2D eigenvalue weighted by atomic mass is 16.7. The minimum atomic E-state index is 0.0865. The fraction of sp³-hybridized carbons (Fsp3) is 0.0741. The molecule has 0 amide bonds. The van der Waals surface area contributed by atoms with Gasteiger partial charge in [-0.05, 0) is 42.8 Å². The van der Waals surface area contributed by atoms with Crippen LogP contribution in [-0.4, -0.2) is 26.7 Å². The Morgan fingerprint density at radius 2 is 1.74 bits per heavy atom. The molecule has 0 spiro atoms. The van der Waals surface area contributed by atoms with Gasteiger partial charge in [0.2, 0.25) is 12.5 Å². The third-order valence-electron chi connectivity index (χ3n) is 5.90. The van der Waals surface area contributed by atoms with Crippen LogP contribution in [0.1, 0.15) is 5.69 Å². The Labute approximate surface area is 195 Å². The second kappa shape index (κ2) is 7.64. The van der Waals surface area contributed by atoms with Crippen LogP contribution < -0.4 is 9.47 Å². The maximum absolute atomic E-state index is 10.8. The van der Waals surface area contributed by atoms with Gasteiger partial charge in [-0.25, -0.2) is 14.5 Å². The number of aromatic nitrogens is 3. The summed E-state index contributed by atoms with van der Waals surface area (Å²) in [6, 6.07) is 22.3. The normalized spacial score (nSPS) is 12.1. The molecule has 0 bridgehead atoms. The molecule has 7 nitrogen and oxygen atoms in total. The van der Waals surface area contributed by atoms with Crippen molar-refractivity contribution in [1.82, 2.24) is 14.8 Å². The Hall–Kier alpha value is -4.83. The molecular formula is C27H18N4O3. The first-order valence-electron chi connectivity index (χ1n) is 10.7. The molecule has 0 radical (unpaired) electrons. The molecule has 0 atom stereocenters. The molecule has 34 heavy (non-hydrogen) atoms. The van der Waals surface area contributed by atoms with Crippen LogP contribution in [-0.2, 0) is 0 Å². The number of para-hydroxylation sites is 2. The lowest BCUT2D eigenvalue weighted by atomic mass is 9.96. The van der Waals surface area contributed by atoms with E-state index in [9.17, 15) is 5.11 Å². The van der Waals surface area contributed by atoms with Crippen LogP contribution in [0.25, 0.3) is 44.0 Å². The van der Waals surface area contributed by atoms with Gasteiger partial charge < -0.3 is 14.6 Å². The van der Waals surface area contributed by atoms with Gasteiger partial charge in [0.15, 0.2) is 17.1 Å². The number of fused-ring (bicyclic) bond motifs is 2. The summed E-state index contributed by atoms with van der Waals surface area (Å²) in [7, 11) is 0. The fourth-order valence-electron chi connectivity index (χ4n) is 4.36. The Balaban J connectivity index is 1.75. The summed E-state index contributed by atoms with van der Waals surface area (Å²) in [5.74, 6) is 1.34. The molecule has 5 aromatic rings. The molecule has 3 heterocycles. The summed E-state index contributed by atoms with van der Waals surface area (Å²) in [6.45, 7) is 10.1. The number of aryl methyl sites for hydroxylation is 1. The Kier molecular flexibility index (Phi) is 4.46. The van der Waals surface area contributed by atoms with Crippen LogP contribution in [0.5, 0.6) is 17.2 Å². The minimum absolute atomic E-state index is 0.0865. The average Bonchev–Trinajstić information content (AvgIpc) is 3.47. The summed E-state index contributed by atoms with van der Waals surface area (Å²) >= 11 is 0. The van der Waals surface area contributed by atoms with Crippen LogP contribution in [0, 0.1) is 13.5 Å². The van der Waals surface area contributed by atoms with Gasteiger partial charge in [0.25, 0.3) is 0 Å².